The van der Waals surface area contributed by atoms with Crippen LogP contribution in [0.25, 0.3) is 22.3 Å². The Morgan fingerprint density at radius 3 is 1.00 bits per heavy atom. The van der Waals surface area contributed by atoms with Gasteiger partial charge in [-0.15, -0.1) is 0 Å². The smallest absolute Gasteiger partial charge is 0.545 e. The number of carboxylic acid groups (broad SMARTS) is 4. The molecule has 0 atom stereocenters. The van der Waals surface area contributed by atoms with E-state index in [2.05, 4.69) is 0 Å². The predicted octanol–water partition coefficient (Wildman–Crippen LogP) is 0.159. The van der Waals surface area contributed by atoms with Crippen molar-refractivity contribution in [3.8, 4) is 22.3 Å². The number of aromatic carboxylic acids is 4. The van der Waals surface area contributed by atoms with E-state index in [9.17, 15) is 39.6 Å². The zero-order chi connectivity index (χ0) is 26.2. The number of benzene rings is 4. The van der Waals surface area contributed by atoms with Crippen LogP contribution in [0.3, 0.4) is 0 Å². The Labute approximate surface area is 226 Å². The van der Waals surface area contributed by atoms with Crippen LogP contribution in [0.1, 0.15) is 41.4 Å². The van der Waals surface area contributed by atoms with Crippen LogP contribution in [0.2, 0.25) is 0 Å². The molecule has 180 valence electrons. The average molecular weight is 528 g/mol. The van der Waals surface area contributed by atoms with Crippen molar-refractivity contribution in [2.45, 2.75) is 0 Å². The van der Waals surface area contributed by atoms with E-state index in [0.29, 0.717) is 22.3 Å². The van der Waals surface area contributed by atoms with Crippen LogP contribution < -0.4 is 20.4 Å². The molecule has 9 heteroatoms. The van der Waals surface area contributed by atoms with E-state index in [1.165, 1.54) is 36.4 Å². The number of rotatable bonds is 6. The maximum absolute atomic E-state index is 11.1. The predicted molar refractivity (Wildman–Crippen MR) is 121 cm³/mol. The van der Waals surface area contributed by atoms with Crippen LogP contribution in [-0.4, -0.2) is 23.9 Å². The number of carbonyl (C=O) groups is 4. The van der Waals surface area contributed by atoms with E-state index in [1.54, 1.807) is 60.7 Å². The van der Waals surface area contributed by atoms with Crippen molar-refractivity contribution in [3.05, 3.63) is 119 Å². The molecule has 0 fully saturated rings. The minimum Gasteiger partial charge on any atom is -0.545 e. The van der Waals surface area contributed by atoms with E-state index in [-0.39, 0.29) is 44.0 Å². The van der Waals surface area contributed by atoms with Crippen molar-refractivity contribution >= 4 is 23.9 Å². The molecule has 0 aromatic heterocycles. The number of hydrogen-bond acceptors (Lipinski definition) is 8. The summed E-state index contributed by atoms with van der Waals surface area (Å²) in [6.07, 6.45) is 0. The zero-order valence-electron chi connectivity index (χ0n) is 19.0. The van der Waals surface area contributed by atoms with Crippen molar-refractivity contribution in [1.29, 1.82) is 0 Å². The Hall–Kier alpha value is -4.53. The number of carboxylic acids is 4. The van der Waals surface area contributed by atoms with Gasteiger partial charge in [0.1, 0.15) is 0 Å². The molecule has 0 aliphatic heterocycles. The summed E-state index contributed by atoms with van der Waals surface area (Å²) in [5.74, 6) is -6.14. The van der Waals surface area contributed by atoms with E-state index >= 15 is 0 Å². The van der Waals surface area contributed by atoms with Gasteiger partial charge in [0.05, 0.1) is 23.9 Å². The molecule has 4 aromatic carbocycles. The van der Waals surface area contributed by atoms with E-state index < -0.39 is 23.9 Å². The second-order valence-electron chi connectivity index (χ2n) is 7.34. The third-order valence-electron chi connectivity index (χ3n) is 5.15. The molecule has 0 aliphatic carbocycles. The van der Waals surface area contributed by atoms with Crippen molar-refractivity contribution in [2.24, 2.45) is 0 Å². The minimum atomic E-state index is -1.54. The van der Waals surface area contributed by atoms with Gasteiger partial charge in [-0.3, -0.25) is 0 Å². The second-order valence-corrected chi connectivity index (χ2v) is 7.34. The summed E-state index contributed by atoms with van der Waals surface area (Å²) in [5, 5.41) is 44.1. The molecule has 4 aromatic rings. The van der Waals surface area contributed by atoms with Gasteiger partial charge in [-0.2, -0.15) is 0 Å². The molecule has 0 saturated carbocycles. The van der Waals surface area contributed by atoms with Gasteiger partial charge in [-0.25, -0.2) is 0 Å². The van der Waals surface area contributed by atoms with Crippen molar-refractivity contribution < 1.29 is 61.3 Å². The Bertz CT molecular complexity index is 1320. The van der Waals surface area contributed by atoms with Gasteiger partial charge < -0.3 is 39.6 Å². The third kappa shape index (κ3) is 6.79. The largest absolute Gasteiger partial charge is 4.00 e. The summed E-state index contributed by atoms with van der Waals surface area (Å²) in [5.41, 5.74) is 0.356. The molecule has 4 rings (SSSR count). The first-order valence-corrected chi connectivity index (χ1v) is 10.4. The second kappa shape index (κ2) is 13.0. The van der Waals surface area contributed by atoms with E-state index in [1.807, 2.05) is 0 Å². The first-order chi connectivity index (χ1) is 17.2. The van der Waals surface area contributed by atoms with Gasteiger partial charge in [-0.05, 0) is 22.3 Å². The fourth-order valence-electron chi connectivity index (χ4n) is 3.60. The third-order valence-corrected chi connectivity index (χ3v) is 5.15. The van der Waals surface area contributed by atoms with Crippen molar-refractivity contribution in [2.75, 3.05) is 0 Å². The van der Waals surface area contributed by atoms with Gasteiger partial charge >= 0.3 is 21.7 Å². The van der Waals surface area contributed by atoms with Crippen molar-refractivity contribution in [1.82, 2.24) is 0 Å². The van der Waals surface area contributed by atoms with Crippen LogP contribution in [0.4, 0.5) is 0 Å². The fourth-order valence-corrected chi connectivity index (χ4v) is 3.60. The van der Waals surface area contributed by atoms with Gasteiger partial charge in [0.2, 0.25) is 0 Å². The monoisotopic (exact) mass is 528 g/mol. The molecule has 0 N–H and O–H groups in total. The number of carbonyl (C=O) groups excluding carboxylic acids is 4. The molecule has 0 amide bonds. The van der Waals surface area contributed by atoms with Crippen molar-refractivity contribution in [3.63, 3.8) is 0 Å². The topological polar surface area (TPSA) is 161 Å². The Morgan fingerprint density at radius 1 is 0.405 bits per heavy atom. The van der Waals surface area contributed by atoms with Gasteiger partial charge in [0.25, 0.3) is 0 Å². The van der Waals surface area contributed by atoms with Gasteiger partial charge in [0.15, 0.2) is 0 Å². The van der Waals surface area contributed by atoms with Gasteiger partial charge in [-0.1, -0.05) is 97.1 Å². The standard InChI is InChI=1S/2C14H10O4.Ti/c2*15-13(16)11-8-4-7-10(12(11)14(17)18)9-5-2-1-3-6-9;/h2*1-8H,(H,15,16)(H,17,18);/q;;+4/p-4. The summed E-state index contributed by atoms with van der Waals surface area (Å²) in [6.45, 7) is 0. The first kappa shape index (κ1) is 28.7. The summed E-state index contributed by atoms with van der Waals surface area (Å²) in [7, 11) is 0. The van der Waals surface area contributed by atoms with Crippen LogP contribution in [0.5, 0.6) is 0 Å². The maximum atomic E-state index is 11.1. The molecular formula is C28H16O8Ti. The van der Waals surface area contributed by atoms with Gasteiger partial charge in [0, 0.05) is 22.3 Å². The molecule has 8 nitrogen and oxygen atoms in total. The van der Waals surface area contributed by atoms with Crippen LogP contribution in [-0.2, 0) is 21.7 Å². The summed E-state index contributed by atoms with van der Waals surface area (Å²) < 4.78 is 0. The fraction of sp³-hybridized carbons (Fsp3) is 0. The minimum absolute atomic E-state index is 0. The summed E-state index contributed by atoms with van der Waals surface area (Å²) >= 11 is 0. The molecular weight excluding hydrogens is 512 g/mol. The Balaban J connectivity index is 0.000000253. The van der Waals surface area contributed by atoms with E-state index in [0.717, 1.165) is 0 Å². The SMILES string of the molecule is O=C([O-])c1cccc(-c2ccccc2)c1C(=O)[O-].O=C([O-])c1cccc(-c2ccccc2)c1C(=O)[O-].[Ti+4]. The van der Waals surface area contributed by atoms with E-state index in [4.69, 9.17) is 0 Å². The molecule has 0 spiro atoms. The molecule has 0 bridgehead atoms. The normalized spacial score (nSPS) is 9.73. The quantitative estimate of drug-likeness (QED) is 0.320. The summed E-state index contributed by atoms with van der Waals surface area (Å²) in [6, 6.07) is 25.7. The molecule has 0 heterocycles. The van der Waals surface area contributed by atoms with Crippen LogP contribution in [0, 0.1) is 0 Å². The molecule has 0 aliphatic rings. The van der Waals surface area contributed by atoms with Crippen LogP contribution in [0.15, 0.2) is 97.1 Å². The average Bonchev–Trinajstić information content (AvgIpc) is 2.89. The van der Waals surface area contributed by atoms with Crippen LogP contribution >= 0.6 is 0 Å². The molecule has 37 heavy (non-hydrogen) atoms. The molecule has 0 saturated heterocycles. The maximum Gasteiger partial charge on any atom is 4.00 e. The Morgan fingerprint density at radius 2 is 0.730 bits per heavy atom. The molecule has 0 radical (unpaired) electrons. The number of hydrogen-bond donors (Lipinski definition) is 0. The first-order valence-electron chi connectivity index (χ1n) is 10.4. The summed E-state index contributed by atoms with van der Waals surface area (Å²) in [4.78, 5) is 44.1. The molecule has 0 unspecified atom stereocenters. The zero-order valence-corrected chi connectivity index (χ0v) is 20.6. The Kier molecular flexibility index (Phi) is 10.1.